The lowest BCUT2D eigenvalue weighted by Gasteiger charge is -2.45. The zero-order valence-electron chi connectivity index (χ0n) is 7.99. The lowest BCUT2D eigenvalue weighted by molar-refractivity contribution is 0.362. The molecule has 4 nitrogen and oxygen atoms in total. The van der Waals surface area contributed by atoms with Crippen molar-refractivity contribution in [3.05, 3.63) is 17.8 Å². The normalized spacial score (nSPS) is 19.8. The van der Waals surface area contributed by atoms with E-state index in [9.17, 15) is 0 Å². The van der Waals surface area contributed by atoms with Gasteiger partial charge in [-0.2, -0.15) is 5.10 Å². The number of rotatable bonds is 1. The van der Waals surface area contributed by atoms with Crippen LogP contribution in [0.25, 0.3) is 0 Å². The minimum atomic E-state index is -0.0502. The molecule has 1 aliphatic heterocycles. The van der Waals surface area contributed by atoms with E-state index in [1.807, 2.05) is 19.9 Å². The first kappa shape index (κ1) is 8.44. The summed E-state index contributed by atoms with van der Waals surface area (Å²) in [5.41, 5.74) is 6.98. The molecular formula is C9H14N4. The minimum absolute atomic E-state index is 0.0502. The molecule has 0 unspecified atom stereocenters. The maximum atomic E-state index is 5.90. The summed E-state index contributed by atoms with van der Waals surface area (Å²) in [6.45, 7) is 5.79. The molecule has 2 N–H and O–H groups in total. The van der Waals surface area contributed by atoms with Gasteiger partial charge in [0.05, 0.1) is 6.20 Å². The molecule has 1 aromatic rings. The van der Waals surface area contributed by atoms with E-state index in [-0.39, 0.29) is 5.54 Å². The fourth-order valence-corrected chi connectivity index (χ4v) is 1.59. The third-order valence-electron chi connectivity index (χ3n) is 2.21. The SMILES string of the molecule is Cc1cnnc(N2CC(C)(N)C2)c1. The maximum Gasteiger partial charge on any atom is 0.151 e. The first-order chi connectivity index (χ1) is 6.07. The van der Waals surface area contributed by atoms with Crippen molar-refractivity contribution in [1.29, 1.82) is 0 Å². The third-order valence-corrected chi connectivity index (χ3v) is 2.21. The number of aromatic nitrogens is 2. The molecule has 0 atom stereocenters. The Morgan fingerprint density at radius 2 is 2.23 bits per heavy atom. The lowest BCUT2D eigenvalue weighted by atomic mass is 9.94. The molecule has 0 bridgehead atoms. The van der Waals surface area contributed by atoms with E-state index in [4.69, 9.17) is 5.73 Å². The average molecular weight is 178 g/mol. The van der Waals surface area contributed by atoms with Gasteiger partial charge in [-0.1, -0.05) is 0 Å². The molecule has 4 heteroatoms. The Morgan fingerprint density at radius 3 is 2.77 bits per heavy atom. The molecule has 2 heterocycles. The van der Waals surface area contributed by atoms with Gasteiger partial charge in [0, 0.05) is 18.6 Å². The van der Waals surface area contributed by atoms with Gasteiger partial charge in [0.2, 0.25) is 0 Å². The van der Waals surface area contributed by atoms with Crippen LogP contribution in [0.15, 0.2) is 12.3 Å². The molecular weight excluding hydrogens is 164 g/mol. The Kier molecular flexibility index (Phi) is 1.73. The summed E-state index contributed by atoms with van der Waals surface area (Å²) in [5.74, 6) is 0.933. The van der Waals surface area contributed by atoms with Crippen molar-refractivity contribution in [1.82, 2.24) is 10.2 Å². The van der Waals surface area contributed by atoms with Crippen LogP contribution in [0.4, 0.5) is 5.82 Å². The summed E-state index contributed by atoms with van der Waals surface area (Å²) >= 11 is 0. The van der Waals surface area contributed by atoms with Crippen LogP contribution in [0.5, 0.6) is 0 Å². The molecule has 0 saturated carbocycles. The van der Waals surface area contributed by atoms with E-state index in [1.165, 1.54) is 0 Å². The second kappa shape index (κ2) is 2.67. The van der Waals surface area contributed by atoms with Crippen LogP contribution in [0.3, 0.4) is 0 Å². The van der Waals surface area contributed by atoms with Gasteiger partial charge < -0.3 is 10.6 Å². The molecule has 2 rings (SSSR count). The van der Waals surface area contributed by atoms with Gasteiger partial charge in [-0.15, -0.1) is 5.10 Å². The van der Waals surface area contributed by atoms with E-state index in [2.05, 4.69) is 15.1 Å². The summed E-state index contributed by atoms with van der Waals surface area (Å²) < 4.78 is 0. The van der Waals surface area contributed by atoms with Crippen molar-refractivity contribution >= 4 is 5.82 Å². The topological polar surface area (TPSA) is 55.0 Å². The number of nitrogens with two attached hydrogens (primary N) is 1. The summed E-state index contributed by atoms with van der Waals surface area (Å²) in [5, 5.41) is 7.95. The first-order valence-electron chi connectivity index (χ1n) is 4.40. The summed E-state index contributed by atoms with van der Waals surface area (Å²) in [6.07, 6.45) is 1.75. The van der Waals surface area contributed by atoms with E-state index < -0.39 is 0 Å². The molecule has 0 spiro atoms. The summed E-state index contributed by atoms with van der Waals surface area (Å²) in [7, 11) is 0. The zero-order chi connectivity index (χ0) is 9.47. The minimum Gasteiger partial charge on any atom is -0.351 e. The Bertz CT molecular complexity index is 313. The molecule has 1 saturated heterocycles. The predicted octanol–water partition coefficient (Wildman–Crippen LogP) is 0.322. The Balaban J connectivity index is 2.11. The smallest absolute Gasteiger partial charge is 0.151 e. The Labute approximate surface area is 77.8 Å². The van der Waals surface area contributed by atoms with E-state index in [1.54, 1.807) is 6.20 Å². The molecule has 0 aliphatic carbocycles. The Morgan fingerprint density at radius 1 is 1.54 bits per heavy atom. The fourth-order valence-electron chi connectivity index (χ4n) is 1.59. The largest absolute Gasteiger partial charge is 0.351 e. The highest BCUT2D eigenvalue weighted by molar-refractivity contribution is 5.44. The van der Waals surface area contributed by atoms with Gasteiger partial charge in [0.15, 0.2) is 5.82 Å². The number of hydrogen-bond donors (Lipinski definition) is 1. The van der Waals surface area contributed by atoms with E-state index in [0.29, 0.717) is 0 Å². The number of aryl methyl sites for hydroxylation is 1. The monoisotopic (exact) mass is 178 g/mol. The van der Waals surface area contributed by atoms with Gasteiger partial charge in [-0.3, -0.25) is 0 Å². The molecule has 0 aromatic carbocycles. The van der Waals surface area contributed by atoms with Crippen LogP contribution in [0.2, 0.25) is 0 Å². The van der Waals surface area contributed by atoms with Gasteiger partial charge in [-0.25, -0.2) is 0 Å². The molecule has 1 fully saturated rings. The van der Waals surface area contributed by atoms with E-state index in [0.717, 1.165) is 24.5 Å². The van der Waals surface area contributed by atoms with Crippen molar-refractivity contribution in [2.75, 3.05) is 18.0 Å². The summed E-state index contributed by atoms with van der Waals surface area (Å²) in [6, 6.07) is 2.03. The second-order valence-corrected chi connectivity index (χ2v) is 4.10. The summed E-state index contributed by atoms with van der Waals surface area (Å²) in [4.78, 5) is 2.14. The lowest BCUT2D eigenvalue weighted by Crippen LogP contribution is -2.65. The highest BCUT2D eigenvalue weighted by Crippen LogP contribution is 2.23. The van der Waals surface area contributed by atoms with Crippen molar-refractivity contribution in [3.63, 3.8) is 0 Å². The third kappa shape index (κ3) is 1.62. The average Bonchev–Trinajstić information content (AvgIpc) is 2.00. The molecule has 70 valence electrons. The second-order valence-electron chi connectivity index (χ2n) is 4.10. The molecule has 1 aromatic heterocycles. The number of hydrogen-bond acceptors (Lipinski definition) is 4. The van der Waals surface area contributed by atoms with Gasteiger partial charge in [0.1, 0.15) is 0 Å². The quantitative estimate of drug-likeness (QED) is 0.673. The van der Waals surface area contributed by atoms with Gasteiger partial charge >= 0.3 is 0 Å². The van der Waals surface area contributed by atoms with E-state index >= 15 is 0 Å². The predicted molar refractivity (Wildman–Crippen MR) is 51.6 cm³/mol. The molecule has 1 aliphatic rings. The van der Waals surface area contributed by atoms with Crippen molar-refractivity contribution in [3.8, 4) is 0 Å². The molecule has 13 heavy (non-hydrogen) atoms. The van der Waals surface area contributed by atoms with Crippen LogP contribution in [0, 0.1) is 6.92 Å². The maximum absolute atomic E-state index is 5.90. The van der Waals surface area contributed by atoms with Crippen LogP contribution in [0.1, 0.15) is 12.5 Å². The highest BCUT2D eigenvalue weighted by atomic mass is 15.3. The zero-order valence-corrected chi connectivity index (χ0v) is 7.99. The van der Waals surface area contributed by atoms with Crippen LogP contribution >= 0.6 is 0 Å². The Hall–Kier alpha value is -1.16. The molecule has 0 amide bonds. The fraction of sp³-hybridized carbons (Fsp3) is 0.556. The van der Waals surface area contributed by atoms with Crippen LogP contribution < -0.4 is 10.6 Å². The van der Waals surface area contributed by atoms with Crippen molar-refractivity contribution in [2.24, 2.45) is 5.73 Å². The van der Waals surface area contributed by atoms with Gasteiger partial charge in [-0.05, 0) is 25.5 Å². The van der Waals surface area contributed by atoms with Crippen molar-refractivity contribution in [2.45, 2.75) is 19.4 Å². The van der Waals surface area contributed by atoms with Crippen molar-refractivity contribution < 1.29 is 0 Å². The number of anilines is 1. The highest BCUT2D eigenvalue weighted by Gasteiger charge is 2.35. The van der Waals surface area contributed by atoms with Gasteiger partial charge in [0.25, 0.3) is 0 Å². The van der Waals surface area contributed by atoms with Crippen LogP contribution in [-0.4, -0.2) is 28.8 Å². The first-order valence-corrected chi connectivity index (χ1v) is 4.40. The molecule has 0 radical (unpaired) electrons. The standard InChI is InChI=1S/C9H14N4/c1-7-3-8(12-11-4-7)13-5-9(2,10)6-13/h3-4H,5-6,10H2,1-2H3. The number of nitrogens with zero attached hydrogens (tertiary/aromatic N) is 3. The van der Waals surface area contributed by atoms with Crippen LogP contribution in [-0.2, 0) is 0 Å².